The average molecular weight is 311 g/mol. The quantitative estimate of drug-likeness (QED) is 0.854. The van der Waals surface area contributed by atoms with Gasteiger partial charge in [-0.15, -0.1) is 0 Å². The zero-order chi connectivity index (χ0) is 15.6. The van der Waals surface area contributed by atoms with Crippen LogP contribution >= 0.6 is 11.8 Å². The molecule has 1 aliphatic heterocycles. The van der Waals surface area contributed by atoms with E-state index >= 15 is 0 Å². The summed E-state index contributed by atoms with van der Waals surface area (Å²) in [5, 5.41) is 1.15. The first-order chi connectivity index (χ1) is 9.92. The van der Waals surface area contributed by atoms with Crippen LogP contribution in [0, 0.1) is 18.2 Å². The van der Waals surface area contributed by atoms with Gasteiger partial charge in [0.15, 0.2) is 5.50 Å². The van der Waals surface area contributed by atoms with Crippen molar-refractivity contribution >= 4 is 29.8 Å². The van der Waals surface area contributed by atoms with E-state index in [1.165, 1.54) is 11.2 Å². The third-order valence-corrected chi connectivity index (χ3v) is 3.53. The number of aliphatic imine (C=N–C) groups is 1. The predicted molar refractivity (Wildman–Crippen MR) is 74.8 cm³/mol. The Kier molecular flexibility index (Phi) is 4.40. The van der Waals surface area contributed by atoms with Crippen LogP contribution in [-0.4, -0.2) is 41.9 Å². The number of hydrazine groups is 1. The number of rotatable bonds is 2. The molecule has 0 bridgehead atoms. The maximum absolute atomic E-state index is 13.8. The third kappa shape index (κ3) is 3.29. The zero-order valence-corrected chi connectivity index (χ0v) is 12.0. The molecule has 0 aliphatic carbocycles. The molecule has 1 atom stereocenters. The predicted octanol–water partition coefficient (Wildman–Crippen LogP) is 2.42. The molecule has 1 aromatic rings. The van der Waals surface area contributed by atoms with E-state index in [4.69, 9.17) is 6.57 Å². The Bertz CT molecular complexity index is 643. The van der Waals surface area contributed by atoms with Crippen molar-refractivity contribution in [3.05, 3.63) is 35.2 Å². The average Bonchev–Trinajstić information content (AvgIpc) is 2.90. The van der Waals surface area contributed by atoms with Crippen LogP contribution in [0.25, 0.3) is 4.85 Å². The van der Waals surface area contributed by atoms with Gasteiger partial charge in [0.25, 0.3) is 0 Å². The number of urea groups is 1. The largest absolute Gasteiger partial charge is 0.339 e. The molecule has 0 fully saturated rings. The molecule has 0 saturated heterocycles. The molecule has 9 heteroatoms. The van der Waals surface area contributed by atoms with Gasteiger partial charge in [-0.3, -0.25) is 0 Å². The standard InChI is InChI=1S/C12H11F2N5OS/c1-15-9-4-8(14)10(5-7(9)13)21-11-16-6-19(17-11)12(20)18(2)3/h4-6,11,17H,2-3H3. The van der Waals surface area contributed by atoms with Crippen molar-refractivity contribution in [3.8, 4) is 0 Å². The van der Waals surface area contributed by atoms with Gasteiger partial charge in [-0.05, 0) is 12.1 Å². The Morgan fingerprint density at radius 1 is 1.48 bits per heavy atom. The molecular weight excluding hydrogens is 300 g/mol. The van der Waals surface area contributed by atoms with Gasteiger partial charge >= 0.3 is 6.03 Å². The second-order valence-electron chi connectivity index (χ2n) is 4.26. The number of nitrogens with zero attached hydrogens (tertiary/aromatic N) is 4. The topological polar surface area (TPSA) is 52.3 Å². The first-order valence-corrected chi connectivity index (χ1v) is 6.63. The Balaban J connectivity index is 2.08. The Labute approximate surface area is 124 Å². The van der Waals surface area contributed by atoms with Crippen molar-refractivity contribution in [1.29, 1.82) is 0 Å². The first kappa shape index (κ1) is 15.2. The molecule has 1 N–H and O–H groups in total. The van der Waals surface area contributed by atoms with Crippen LogP contribution in [0.4, 0.5) is 19.3 Å². The van der Waals surface area contributed by atoms with Crippen molar-refractivity contribution in [2.75, 3.05) is 14.1 Å². The molecule has 6 nitrogen and oxygen atoms in total. The van der Waals surface area contributed by atoms with Crippen molar-refractivity contribution < 1.29 is 13.6 Å². The lowest BCUT2D eigenvalue weighted by atomic mass is 10.3. The molecule has 1 aromatic carbocycles. The SMILES string of the molecule is [C-]#[N+]c1cc(F)c(SC2N=CN(C(=O)N(C)C)N2)cc1F. The molecule has 1 heterocycles. The molecule has 110 valence electrons. The van der Waals surface area contributed by atoms with Crippen LogP contribution in [0.3, 0.4) is 0 Å². The van der Waals surface area contributed by atoms with Gasteiger partial charge in [0.1, 0.15) is 18.0 Å². The first-order valence-electron chi connectivity index (χ1n) is 5.75. The maximum atomic E-state index is 13.8. The minimum absolute atomic E-state index is 0.00806. The van der Waals surface area contributed by atoms with Crippen LogP contribution in [0.5, 0.6) is 0 Å². The van der Waals surface area contributed by atoms with Gasteiger partial charge in [-0.1, -0.05) is 11.8 Å². The minimum Gasteiger partial charge on any atom is -0.329 e. The second-order valence-corrected chi connectivity index (χ2v) is 5.38. The van der Waals surface area contributed by atoms with Gasteiger partial charge in [0, 0.05) is 19.0 Å². The zero-order valence-electron chi connectivity index (χ0n) is 11.2. The van der Waals surface area contributed by atoms with Gasteiger partial charge in [-0.25, -0.2) is 28.4 Å². The molecule has 1 unspecified atom stereocenters. The summed E-state index contributed by atoms with van der Waals surface area (Å²) < 4.78 is 27.2. The normalized spacial score (nSPS) is 16.9. The van der Waals surface area contributed by atoms with Crippen molar-refractivity contribution in [3.63, 3.8) is 0 Å². The number of hydrogen-bond donors (Lipinski definition) is 1. The van der Waals surface area contributed by atoms with E-state index in [1.807, 2.05) is 0 Å². The molecule has 0 spiro atoms. The molecular formula is C12H11F2N5OS. The summed E-state index contributed by atoms with van der Waals surface area (Å²) in [5.41, 5.74) is 1.71. The van der Waals surface area contributed by atoms with Gasteiger partial charge in [0.2, 0.25) is 5.69 Å². The smallest absolute Gasteiger partial charge is 0.329 e. The number of amides is 2. The van der Waals surface area contributed by atoms with Crippen LogP contribution in [0.2, 0.25) is 0 Å². The Hall–Kier alpha value is -2.18. The third-order valence-electron chi connectivity index (χ3n) is 2.52. The van der Waals surface area contributed by atoms with Crippen LogP contribution in [-0.2, 0) is 0 Å². The summed E-state index contributed by atoms with van der Waals surface area (Å²) >= 11 is 0.905. The number of carbonyl (C=O) groups is 1. The lowest BCUT2D eigenvalue weighted by Gasteiger charge is -2.19. The highest BCUT2D eigenvalue weighted by molar-refractivity contribution is 7.99. The van der Waals surface area contributed by atoms with Gasteiger partial charge in [0.05, 0.1) is 6.57 Å². The van der Waals surface area contributed by atoms with E-state index in [-0.39, 0.29) is 16.6 Å². The summed E-state index contributed by atoms with van der Waals surface area (Å²) in [6, 6.07) is 1.45. The summed E-state index contributed by atoms with van der Waals surface area (Å²) in [5.74, 6) is -1.50. The molecule has 0 radical (unpaired) electrons. The monoisotopic (exact) mass is 311 g/mol. The molecule has 2 rings (SSSR count). The lowest BCUT2D eigenvalue weighted by molar-refractivity contribution is 0.184. The van der Waals surface area contributed by atoms with Crippen LogP contribution in [0.15, 0.2) is 22.0 Å². The molecule has 21 heavy (non-hydrogen) atoms. The van der Waals surface area contributed by atoms with E-state index in [2.05, 4.69) is 15.3 Å². The van der Waals surface area contributed by atoms with E-state index < -0.39 is 17.1 Å². The molecule has 0 saturated carbocycles. The highest BCUT2D eigenvalue weighted by Gasteiger charge is 2.25. The van der Waals surface area contributed by atoms with Gasteiger partial charge in [-0.2, -0.15) is 5.43 Å². The summed E-state index contributed by atoms with van der Waals surface area (Å²) in [7, 11) is 3.16. The number of halogens is 2. The summed E-state index contributed by atoms with van der Waals surface area (Å²) in [6.07, 6.45) is 1.28. The number of hydrogen-bond acceptors (Lipinski definition) is 4. The fourth-order valence-electron chi connectivity index (χ4n) is 1.50. The van der Waals surface area contributed by atoms with Crippen molar-refractivity contribution in [2.45, 2.75) is 10.4 Å². The van der Waals surface area contributed by atoms with Crippen molar-refractivity contribution in [2.24, 2.45) is 4.99 Å². The Morgan fingerprint density at radius 2 is 2.19 bits per heavy atom. The van der Waals surface area contributed by atoms with E-state index in [1.54, 1.807) is 14.1 Å². The number of thioether (sulfide) groups is 1. The van der Waals surface area contributed by atoms with E-state index in [9.17, 15) is 13.6 Å². The number of nitrogens with one attached hydrogen (secondary N) is 1. The molecule has 0 aromatic heterocycles. The fourth-order valence-corrected chi connectivity index (χ4v) is 2.37. The lowest BCUT2D eigenvalue weighted by Crippen LogP contribution is -2.45. The number of benzene rings is 1. The fraction of sp³-hybridized carbons (Fsp3) is 0.250. The molecule has 2 amide bonds. The van der Waals surface area contributed by atoms with Gasteiger partial charge < -0.3 is 4.90 Å². The minimum atomic E-state index is -0.794. The second kappa shape index (κ2) is 6.07. The summed E-state index contributed by atoms with van der Waals surface area (Å²) in [6.45, 7) is 6.72. The highest BCUT2D eigenvalue weighted by Crippen LogP contribution is 2.31. The maximum Gasteiger partial charge on any atom is 0.339 e. The highest BCUT2D eigenvalue weighted by atomic mass is 32.2. The van der Waals surface area contributed by atoms with E-state index in [0.29, 0.717) is 0 Å². The number of carbonyl (C=O) groups excluding carboxylic acids is 1. The Morgan fingerprint density at radius 3 is 2.81 bits per heavy atom. The van der Waals surface area contributed by atoms with E-state index in [0.717, 1.165) is 28.9 Å². The van der Waals surface area contributed by atoms with Crippen LogP contribution < -0.4 is 5.43 Å². The molecule has 1 aliphatic rings. The summed E-state index contributed by atoms with van der Waals surface area (Å²) in [4.78, 5) is 19.9. The van der Waals surface area contributed by atoms with Crippen molar-refractivity contribution in [1.82, 2.24) is 15.3 Å². The van der Waals surface area contributed by atoms with Crippen LogP contribution in [0.1, 0.15) is 0 Å².